The van der Waals surface area contributed by atoms with Gasteiger partial charge in [0, 0.05) is 26.2 Å². The fourth-order valence-electron chi connectivity index (χ4n) is 2.33. The van der Waals surface area contributed by atoms with Gasteiger partial charge in [0.15, 0.2) is 0 Å². The molecule has 0 aromatic carbocycles. The van der Waals surface area contributed by atoms with Crippen LogP contribution in [0.2, 0.25) is 5.15 Å². The zero-order chi connectivity index (χ0) is 11.7. The molecule has 0 atom stereocenters. The Morgan fingerprint density at radius 3 is 2.47 bits per heavy atom. The smallest absolute Gasteiger partial charge is 0.129 e. The van der Waals surface area contributed by atoms with Gasteiger partial charge in [0.05, 0.1) is 31.1 Å². The predicted octanol–water partition coefficient (Wildman–Crippen LogP) is 1.26. The molecular weight excluding hydrogens is 238 g/mol. The summed E-state index contributed by atoms with van der Waals surface area (Å²) < 4.78 is 5.23. The van der Waals surface area contributed by atoms with Crippen LogP contribution in [-0.2, 0) is 4.74 Å². The van der Waals surface area contributed by atoms with Gasteiger partial charge < -0.3 is 9.64 Å². The molecule has 3 rings (SSSR count). The number of hydrogen-bond acceptors (Lipinski definition) is 4. The van der Waals surface area contributed by atoms with E-state index in [1.54, 1.807) is 0 Å². The quantitative estimate of drug-likeness (QED) is 0.742. The first-order valence-electron chi connectivity index (χ1n) is 6.01. The molecule has 0 amide bonds. The fraction of sp³-hybridized carbons (Fsp3) is 0.583. The molecule has 1 aromatic rings. The van der Waals surface area contributed by atoms with Crippen LogP contribution < -0.4 is 4.90 Å². The summed E-state index contributed by atoms with van der Waals surface area (Å²) in [7, 11) is 0. The molecule has 0 spiro atoms. The zero-order valence-corrected chi connectivity index (χ0v) is 10.4. The SMILES string of the molecule is Clc1ccc(N2CCN(C3COC3)CC2)cn1. The molecule has 3 heterocycles. The van der Waals surface area contributed by atoms with Gasteiger partial charge in [-0.1, -0.05) is 11.6 Å². The number of nitrogens with zero attached hydrogens (tertiary/aromatic N) is 3. The van der Waals surface area contributed by atoms with Crippen molar-refractivity contribution in [3.8, 4) is 0 Å². The van der Waals surface area contributed by atoms with Crippen LogP contribution in [0.5, 0.6) is 0 Å². The summed E-state index contributed by atoms with van der Waals surface area (Å²) in [5, 5.41) is 0.555. The van der Waals surface area contributed by atoms with Gasteiger partial charge in [-0.05, 0) is 12.1 Å². The molecule has 0 saturated carbocycles. The van der Waals surface area contributed by atoms with Crippen LogP contribution in [0.1, 0.15) is 0 Å². The first-order chi connectivity index (χ1) is 8.33. The number of aromatic nitrogens is 1. The third-order valence-corrected chi connectivity index (χ3v) is 3.75. The van der Waals surface area contributed by atoms with E-state index in [0.717, 1.165) is 39.4 Å². The number of ether oxygens (including phenoxy) is 1. The Morgan fingerprint density at radius 1 is 1.18 bits per heavy atom. The zero-order valence-electron chi connectivity index (χ0n) is 9.68. The lowest BCUT2D eigenvalue weighted by Crippen LogP contribution is -2.56. The standard InChI is InChI=1S/C12H16ClN3O/c13-12-2-1-10(7-14-12)15-3-5-16(6-4-15)11-8-17-9-11/h1-2,7,11H,3-6,8-9H2. The number of halogens is 1. The molecule has 2 fully saturated rings. The van der Waals surface area contributed by atoms with Gasteiger partial charge in [-0.15, -0.1) is 0 Å². The molecule has 0 bridgehead atoms. The molecule has 5 heteroatoms. The van der Waals surface area contributed by atoms with Crippen LogP contribution in [0.15, 0.2) is 18.3 Å². The van der Waals surface area contributed by atoms with Gasteiger partial charge in [-0.3, -0.25) is 4.90 Å². The van der Waals surface area contributed by atoms with E-state index in [1.165, 1.54) is 5.69 Å². The van der Waals surface area contributed by atoms with Gasteiger partial charge >= 0.3 is 0 Å². The maximum Gasteiger partial charge on any atom is 0.129 e. The molecule has 0 radical (unpaired) electrons. The van der Waals surface area contributed by atoms with Crippen LogP contribution in [0.4, 0.5) is 5.69 Å². The maximum absolute atomic E-state index is 5.79. The Labute approximate surface area is 106 Å². The second-order valence-electron chi connectivity index (χ2n) is 4.55. The second kappa shape index (κ2) is 4.80. The van der Waals surface area contributed by atoms with Crippen molar-refractivity contribution >= 4 is 17.3 Å². The van der Waals surface area contributed by atoms with Crippen LogP contribution in [0.3, 0.4) is 0 Å². The summed E-state index contributed by atoms with van der Waals surface area (Å²) in [6, 6.07) is 4.54. The Balaban J connectivity index is 1.58. The third-order valence-electron chi connectivity index (χ3n) is 3.53. The van der Waals surface area contributed by atoms with Crippen molar-refractivity contribution in [3.63, 3.8) is 0 Å². The van der Waals surface area contributed by atoms with Crippen LogP contribution in [0.25, 0.3) is 0 Å². The summed E-state index contributed by atoms with van der Waals surface area (Å²) in [4.78, 5) is 9.00. The molecule has 2 aliphatic heterocycles. The minimum atomic E-state index is 0.555. The Kier molecular flexibility index (Phi) is 3.18. The van der Waals surface area contributed by atoms with E-state index in [4.69, 9.17) is 16.3 Å². The van der Waals surface area contributed by atoms with Gasteiger partial charge in [0.2, 0.25) is 0 Å². The molecule has 4 nitrogen and oxygen atoms in total. The van der Waals surface area contributed by atoms with Crippen molar-refractivity contribution in [1.29, 1.82) is 0 Å². The van der Waals surface area contributed by atoms with Gasteiger partial charge in [-0.25, -0.2) is 4.98 Å². The van der Waals surface area contributed by atoms with Crippen molar-refractivity contribution in [1.82, 2.24) is 9.88 Å². The van der Waals surface area contributed by atoms with Crippen molar-refractivity contribution in [2.75, 3.05) is 44.3 Å². The van der Waals surface area contributed by atoms with E-state index in [2.05, 4.69) is 14.8 Å². The fourth-order valence-corrected chi connectivity index (χ4v) is 2.45. The van der Waals surface area contributed by atoms with Gasteiger partial charge in [0.1, 0.15) is 5.15 Å². The Morgan fingerprint density at radius 2 is 1.94 bits per heavy atom. The average Bonchev–Trinajstić information content (AvgIpc) is 2.29. The van der Waals surface area contributed by atoms with Crippen LogP contribution in [0, 0.1) is 0 Å². The first-order valence-corrected chi connectivity index (χ1v) is 6.39. The number of anilines is 1. The maximum atomic E-state index is 5.79. The molecule has 0 N–H and O–H groups in total. The number of piperazine rings is 1. The molecular formula is C12H16ClN3O. The topological polar surface area (TPSA) is 28.6 Å². The average molecular weight is 254 g/mol. The largest absolute Gasteiger partial charge is 0.378 e. The van der Waals surface area contributed by atoms with E-state index in [0.29, 0.717) is 11.2 Å². The molecule has 0 unspecified atom stereocenters. The second-order valence-corrected chi connectivity index (χ2v) is 4.94. The first kappa shape index (κ1) is 11.3. The highest BCUT2D eigenvalue weighted by molar-refractivity contribution is 6.29. The highest BCUT2D eigenvalue weighted by atomic mass is 35.5. The van der Waals surface area contributed by atoms with Crippen molar-refractivity contribution < 1.29 is 4.74 Å². The van der Waals surface area contributed by atoms with Gasteiger partial charge in [0.25, 0.3) is 0 Å². The molecule has 2 saturated heterocycles. The monoisotopic (exact) mass is 253 g/mol. The number of hydrogen-bond donors (Lipinski definition) is 0. The third kappa shape index (κ3) is 2.39. The predicted molar refractivity (Wildman–Crippen MR) is 67.6 cm³/mol. The van der Waals surface area contributed by atoms with Crippen molar-refractivity contribution in [3.05, 3.63) is 23.5 Å². The van der Waals surface area contributed by atoms with Crippen molar-refractivity contribution in [2.24, 2.45) is 0 Å². The summed E-state index contributed by atoms with van der Waals surface area (Å²) in [5.41, 5.74) is 1.17. The molecule has 17 heavy (non-hydrogen) atoms. The number of pyridine rings is 1. The summed E-state index contributed by atoms with van der Waals surface area (Å²) in [6.07, 6.45) is 1.85. The molecule has 92 valence electrons. The normalized spacial score (nSPS) is 22.5. The summed E-state index contributed by atoms with van der Waals surface area (Å²) in [6.45, 7) is 6.14. The van der Waals surface area contributed by atoms with E-state index >= 15 is 0 Å². The minimum Gasteiger partial charge on any atom is -0.378 e. The van der Waals surface area contributed by atoms with E-state index < -0.39 is 0 Å². The lowest BCUT2D eigenvalue weighted by atomic mass is 10.2. The molecule has 2 aliphatic rings. The Hall–Kier alpha value is -0.840. The highest BCUT2D eigenvalue weighted by Gasteiger charge is 2.28. The molecule has 0 aliphatic carbocycles. The summed E-state index contributed by atoms with van der Waals surface area (Å²) in [5.74, 6) is 0. The molecule has 1 aromatic heterocycles. The van der Waals surface area contributed by atoms with E-state index in [-0.39, 0.29) is 0 Å². The summed E-state index contributed by atoms with van der Waals surface area (Å²) >= 11 is 5.79. The van der Waals surface area contributed by atoms with Crippen LogP contribution >= 0.6 is 11.6 Å². The minimum absolute atomic E-state index is 0.555. The Bertz CT molecular complexity index is 372. The van der Waals surface area contributed by atoms with E-state index in [9.17, 15) is 0 Å². The lowest BCUT2D eigenvalue weighted by Gasteiger charge is -2.43. The van der Waals surface area contributed by atoms with Crippen LogP contribution in [-0.4, -0.2) is 55.3 Å². The van der Waals surface area contributed by atoms with Crippen molar-refractivity contribution in [2.45, 2.75) is 6.04 Å². The van der Waals surface area contributed by atoms with E-state index in [1.807, 2.05) is 18.3 Å². The number of rotatable bonds is 2. The lowest BCUT2D eigenvalue weighted by molar-refractivity contribution is -0.0660. The highest BCUT2D eigenvalue weighted by Crippen LogP contribution is 2.19. The van der Waals surface area contributed by atoms with Gasteiger partial charge in [-0.2, -0.15) is 0 Å².